The third-order valence-electron chi connectivity index (χ3n) is 14.3. The van der Waals surface area contributed by atoms with Crippen LogP contribution in [0.2, 0.25) is 0 Å². The largest absolute Gasteiger partial charge is 0.462 e. The molecule has 0 bridgehead atoms. The molecular weight excluding hydrogens is 913 g/mol. The average Bonchev–Trinajstić information content (AvgIpc) is 3.40. The van der Waals surface area contributed by atoms with Crippen molar-refractivity contribution in [3.05, 3.63) is 60.8 Å². The molecule has 0 radical (unpaired) electrons. The molecule has 6 heteroatoms. The van der Waals surface area contributed by atoms with Gasteiger partial charge in [0.1, 0.15) is 13.2 Å². The Kier molecular flexibility index (Phi) is 60.2. The van der Waals surface area contributed by atoms with Gasteiger partial charge in [-0.25, -0.2) is 0 Å². The predicted molar refractivity (Wildman–Crippen MR) is 321 cm³/mol. The first-order valence-corrected chi connectivity index (χ1v) is 32.3. The molecule has 0 heterocycles. The first kappa shape index (κ1) is 71.1. The Balaban J connectivity index is 4.13. The lowest BCUT2D eigenvalue weighted by Gasteiger charge is -2.18. The molecule has 0 spiro atoms. The van der Waals surface area contributed by atoms with Crippen LogP contribution in [0.5, 0.6) is 0 Å². The number of hydrogen-bond acceptors (Lipinski definition) is 6. The molecular formula is C68H122O6. The molecule has 0 fully saturated rings. The van der Waals surface area contributed by atoms with Crippen LogP contribution >= 0.6 is 0 Å². The second kappa shape index (κ2) is 62.6. The van der Waals surface area contributed by atoms with E-state index in [9.17, 15) is 14.4 Å². The van der Waals surface area contributed by atoms with Gasteiger partial charge in [0.25, 0.3) is 0 Å². The Morgan fingerprint density at radius 3 is 0.838 bits per heavy atom. The van der Waals surface area contributed by atoms with Crippen molar-refractivity contribution in [3.8, 4) is 0 Å². The average molecular weight is 1040 g/mol. The van der Waals surface area contributed by atoms with Crippen LogP contribution in [0.15, 0.2) is 60.8 Å². The van der Waals surface area contributed by atoms with E-state index in [4.69, 9.17) is 14.2 Å². The molecule has 1 unspecified atom stereocenters. The smallest absolute Gasteiger partial charge is 0.306 e. The highest BCUT2D eigenvalue weighted by Gasteiger charge is 2.19. The van der Waals surface area contributed by atoms with Gasteiger partial charge in [-0.15, -0.1) is 0 Å². The molecule has 0 aliphatic carbocycles. The van der Waals surface area contributed by atoms with Crippen molar-refractivity contribution in [2.24, 2.45) is 0 Å². The number of rotatable bonds is 59. The fraction of sp³-hybridized carbons (Fsp3) is 0.809. The summed E-state index contributed by atoms with van der Waals surface area (Å²) < 4.78 is 16.9. The van der Waals surface area contributed by atoms with Gasteiger partial charge in [0.2, 0.25) is 0 Å². The molecule has 1 atom stereocenters. The van der Waals surface area contributed by atoms with Crippen LogP contribution in [0.25, 0.3) is 0 Å². The van der Waals surface area contributed by atoms with Gasteiger partial charge in [-0.3, -0.25) is 14.4 Å². The van der Waals surface area contributed by atoms with Crippen molar-refractivity contribution in [3.63, 3.8) is 0 Å². The Labute approximate surface area is 460 Å². The topological polar surface area (TPSA) is 78.9 Å². The minimum absolute atomic E-state index is 0.0742. The minimum atomic E-state index is -0.776. The van der Waals surface area contributed by atoms with Crippen LogP contribution in [-0.4, -0.2) is 37.2 Å². The second-order valence-corrected chi connectivity index (χ2v) is 21.6. The van der Waals surface area contributed by atoms with E-state index < -0.39 is 6.10 Å². The third kappa shape index (κ3) is 60.0. The predicted octanol–water partition coefficient (Wildman–Crippen LogP) is 21.9. The number of carbonyl (C=O) groups excluding carboxylic acids is 3. The summed E-state index contributed by atoms with van der Waals surface area (Å²) in [6, 6.07) is 0. The quantitative estimate of drug-likeness (QED) is 0.0261. The highest BCUT2D eigenvalue weighted by Crippen LogP contribution is 2.17. The number of hydrogen-bond donors (Lipinski definition) is 0. The minimum Gasteiger partial charge on any atom is -0.462 e. The van der Waals surface area contributed by atoms with Crippen molar-refractivity contribution >= 4 is 17.9 Å². The monoisotopic (exact) mass is 1030 g/mol. The van der Waals surface area contributed by atoms with Crippen molar-refractivity contribution in [2.45, 2.75) is 341 Å². The van der Waals surface area contributed by atoms with Crippen LogP contribution in [0.3, 0.4) is 0 Å². The highest BCUT2D eigenvalue weighted by atomic mass is 16.6. The molecule has 0 rings (SSSR count). The molecule has 0 saturated carbocycles. The van der Waals surface area contributed by atoms with E-state index in [0.29, 0.717) is 19.3 Å². The first-order valence-electron chi connectivity index (χ1n) is 32.3. The number of esters is 3. The molecule has 6 nitrogen and oxygen atoms in total. The van der Waals surface area contributed by atoms with Crippen LogP contribution in [0.4, 0.5) is 0 Å². The number of ether oxygens (including phenoxy) is 3. The van der Waals surface area contributed by atoms with Gasteiger partial charge in [-0.2, -0.15) is 0 Å². The zero-order chi connectivity index (χ0) is 53.6. The van der Waals surface area contributed by atoms with E-state index >= 15 is 0 Å². The maximum Gasteiger partial charge on any atom is 0.306 e. The van der Waals surface area contributed by atoms with E-state index in [0.717, 1.165) is 89.9 Å². The van der Waals surface area contributed by atoms with Gasteiger partial charge in [-0.05, 0) is 83.5 Å². The standard InChI is InChI=1S/C68H122O6/c1-4-7-10-13-16-19-21-23-25-27-29-31-32-33-34-35-36-38-39-41-43-45-47-49-52-55-58-61-67(70)73-64-65(63-72-66(69)60-57-54-51-18-15-12-9-6-3)74-68(71)62-59-56-53-50-48-46-44-42-40-37-30-28-26-24-22-20-17-14-11-8-5-2/h8,11,17,20,24,26-27,29-30,37,65H,4-7,9-10,12-16,18-19,21-23,25,28,31-36,38-64H2,1-3H3/b11-8-,20-17-,26-24-,29-27-,37-30-. The summed E-state index contributed by atoms with van der Waals surface area (Å²) in [7, 11) is 0. The molecule has 0 amide bonds. The fourth-order valence-corrected chi connectivity index (χ4v) is 9.43. The summed E-state index contributed by atoms with van der Waals surface area (Å²) in [6.07, 6.45) is 79.7. The van der Waals surface area contributed by atoms with E-state index in [2.05, 4.69) is 81.5 Å². The van der Waals surface area contributed by atoms with Gasteiger partial charge in [0.05, 0.1) is 0 Å². The maximum atomic E-state index is 12.9. The Morgan fingerprint density at radius 1 is 0.284 bits per heavy atom. The van der Waals surface area contributed by atoms with E-state index in [1.807, 2.05) is 0 Å². The van der Waals surface area contributed by atoms with Crippen molar-refractivity contribution < 1.29 is 28.6 Å². The lowest BCUT2D eigenvalue weighted by atomic mass is 10.0. The van der Waals surface area contributed by atoms with Gasteiger partial charge >= 0.3 is 17.9 Å². The summed E-state index contributed by atoms with van der Waals surface area (Å²) in [5, 5.41) is 0. The number of unbranched alkanes of at least 4 members (excludes halogenated alkanes) is 38. The van der Waals surface area contributed by atoms with Crippen molar-refractivity contribution in [2.75, 3.05) is 13.2 Å². The van der Waals surface area contributed by atoms with Crippen LogP contribution < -0.4 is 0 Å². The van der Waals surface area contributed by atoms with Gasteiger partial charge in [-0.1, -0.05) is 293 Å². The highest BCUT2D eigenvalue weighted by molar-refractivity contribution is 5.71. The van der Waals surface area contributed by atoms with Gasteiger partial charge in [0, 0.05) is 19.3 Å². The molecule has 430 valence electrons. The summed E-state index contributed by atoms with van der Waals surface area (Å²) >= 11 is 0. The van der Waals surface area contributed by atoms with E-state index in [-0.39, 0.29) is 31.1 Å². The number of carbonyl (C=O) groups is 3. The zero-order valence-electron chi connectivity index (χ0n) is 49.4. The molecule has 0 aliphatic heterocycles. The summed E-state index contributed by atoms with van der Waals surface area (Å²) in [5.41, 5.74) is 0. The molecule has 0 aliphatic rings. The van der Waals surface area contributed by atoms with Crippen LogP contribution in [0, 0.1) is 0 Å². The molecule has 0 aromatic heterocycles. The SMILES string of the molecule is CC/C=C\C/C=C\C/C=C\C/C=C\CCCCCCCCCCC(=O)OC(COC(=O)CCCCCCCCCC)COC(=O)CCCCCCCCCCCCCCCCC/C=C\CCCCCCCCCC. The third-order valence-corrected chi connectivity index (χ3v) is 14.3. The molecule has 74 heavy (non-hydrogen) atoms. The normalized spacial score (nSPS) is 12.4. The maximum absolute atomic E-state index is 12.9. The second-order valence-electron chi connectivity index (χ2n) is 21.6. The van der Waals surface area contributed by atoms with Gasteiger partial charge < -0.3 is 14.2 Å². The van der Waals surface area contributed by atoms with Crippen molar-refractivity contribution in [1.29, 1.82) is 0 Å². The Bertz CT molecular complexity index is 1330. The Morgan fingerprint density at radius 2 is 0.527 bits per heavy atom. The molecule has 0 aromatic carbocycles. The number of allylic oxidation sites excluding steroid dienone is 10. The summed E-state index contributed by atoms with van der Waals surface area (Å²) in [5.74, 6) is -0.871. The zero-order valence-corrected chi connectivity index (χ0v) is 49.4. The molecule has 0 aromatic rings. The van der Waals surface area contributed by atoms with Crippen LogP contribution in [0.1, 0.15) is 335 Å². The lowest BCUT2D eigenvalue weighted by Crippen LogP contribution is -2.30. The first-order chi connectivity index (χ1) is 36.5. The summed E-state index contributed by atoms with van der Waals surface area (Å²) in [4.78, 5) is 38.1. The van der Waals surface area contributed by atoms with Crippen LogP contribution in [-0.2, 0) is 28.6 Å². The van der Waals surface area contributed by atoms with E-state index in [1.165, 1.54) is 205 Å². The van der Waals surface area contributed by atoms with Crippen molar-refractivity contribution in [1.82, 2.24) is 0 Å². The van der Waals surface area contributed by atoms with Gasteiger partial charge in [0.15, 0.2) is 6.10 Å². The molecule has 0 N–H and O–H groups in total. The Hall–Kier alpha value is -2.89. The fourth-order valence-electron chi connectivity index (χ4n) is 9.43. The lowest BCUT2D eigenvalue weighted by molar-refractivity contribution is -0.167. The van der Waals surface area contributed by atoms with E-state index in [1.54, 1.807) is 0 Å². The summed E-state index contributed by atoms with van der Waals surface area (Å²) in [6.45, 7) is 6.53. The molecule has 0 saturated heterocycles.